The number of carbonyl (C=O) groups is 1. The van der Waals surface area contributed by atoms with Crippen LogP contribution in [0, 0.1) is 0 Å². The van der Waals surface area contributed by atoms with Crippen LogP contribution < -0.4 is 4.90 Å². The second-order valence-corrected chi connectivity index (χ2v) is 4.31. The van der Waals surface area contributed by atoms with Gasteiger partial charge in [-0.05, 0) is 24.1 Å². The standard InChI is InChI=1S/C13H17ClFNO2/c14-6-8-16(9-7-15)12-3-1-2-11(10-12)4-5-13(17)18/h1-3,10H,4-9H2,(H,17,18). The van der Waals surface area contributed by atoms with Gasteiger partial charge in [-0.1, -0.05) is 12.1 Å². The second kappa shape index (κ2) is 7.93. The predicted molar refractivity (Wildman–Crippen MR) is 71.3 cm³/mol. The van der Waals surface area contributed by atoms with E-state index in [0.717, 1.165) is 11.3 Å². The summed E-state index contributed by atoms with van der Waals surface area (Å²) < 4.78 is 12.4. The van der Waals surface area contributed by atoms with Crippen molar-refractivity contribution in [2.24, 2.45) is 0 Å². The molecule has 0 saturated carbocycles. The van der Waals surface area contributed by atoms with Crippen LogP contribution in [0.25, 0.3) is 0 Å². The third-order valence-electron chi connectivity index (χ3n) is 2.61. The van der Waals surface area contributed by atoms with Gasteiger partial charge in [0, 0.05) is 31.1 Å². The molecule has 100 valence electrons. The highest BCUT2D eigenvalue weighted by Gasteiger charge is 2.07. The minimum Gasteiger partial charge on any atom is -0.481 e. The number of hydrogen-bond acceptors (Lipinski definition) is 2. The van der Waals surface area contributed by atoms with Gasteiger partial charge in [0.1, 0.15) is 6.67 Å². The molecule has 1 rings (SSSR count). The molecular weight excluding hydrogens is 257 g/mol. The smallest absolute Gasteiger partial charge is 0.303 e. The monoisotopic (exact) mass is 273 g/mol. The van der Waals surface area contributed by atoms with Gasteiger partial charge in [0.05, 0.1) is 0 Å². The van der Waals surface area contributed by atoms with Crippen LogP contribution in [0.5, 0.6) is 0 Å². The molecule has 0 spiro atoms. The lowest BCUT2D eigenvalue weighted by Crippen LogP contribution is -2.27. The van der Waals surface area contributed by atoms with Crippen LogP contribution in [0.15, 0.2) is 24.3 Å². The Morgan fingerprint density at radius 3 is 2.78 bits per heavy atom. The van der Waals surface area contributed by atoms with Gasteiger partial charge in [0.2, 0.25) is 0 Å². The molecule has 0 unspecified atom stereocenters. The summed E-state index contributed by atoms with van der Waals surface area (Å²) in [6.07, 6.45) is 0.579. The number of anilines is 1. The first kappa shape index (κ1) is 14.8. The van der Waals surface area contributed by atoms with Gasteiger partial charge >= 0.3 is 5.97 Å². The number of rotatable bonds is 8. The Morgan fingerprint density at radius 1 is 1.39 bits per heavy atom. The Kier molecular flexibility index (Phi) is 6.50. The third-order valence-corrected chi connectivity index (χ3v) is 2.78. The largest absolute Gasteiger partial charge is 0.481 e. The first-order valence-corrected chi connectivity index (χ1v) is 6.38. The maximum absolute atomic E-state index is 12.4. The van der Waals surface area contributed by atoms with E-state index in [0.29, 0.717) is 25.4 Å². The van der Waals surface area contributed by atoms with Gasteiger partial charge in [0.15, 0.2) is 0 Å². The van der Waals surface area contributed by atoms with Crippen LogP contribution in [0.3, 0.4) is 0 Å². The lowest BCUT2D eigenvalue weighted by Gasteiger charge is -2.23. The van der Waals surface area contributed by atoms with Crippen LogP contribution in [0.2, 0.25) is 0 Å². The van der Waals surface area contributed by atoms with Crippen LogP contribution in [0.4, 0.5) is 10.1 Å². The van der Waals surface area contributed by atoms with E-state index in [1.54, 1.807) is 0 Å². The van der Waals surface area contributed by atoms with E-state index in [1.165, 1.54) is 0 Å². The lowest BCUT2D eigenvalue weighted by atomic mass is 10.1. The Bertz CT molecular complexity index is 381. The Morgan fingerprint density at radius 2 is 2.17 bits per heavy atom. The van der Waals surface area contributed by atoms with E-state index in [1.807, 2.05) is 29.2 Å². The molecule has 3 nitrogen and oxygen atoms in total. The van der Waals surface area contributed by atoms with Crippen molar-refractivity contribution in [3.05, 3.63) is 29.8 Å². The molecule has 0 saturated heterocycles. The van der Waals surface area contributed by atoms with E-state index in [-0.39, 0.29) is 6.42 Å². The zero-order chi connectivity index (χ0) is 13.4. The van der Waals surface area contributed by atoms with Crippen LogP contribution in [0.1, 0.15) is 12.0 Å². The van der Waals surface area contributed by atoms with Crippen molar-refractivity contribution in [1.29, 1.82) is 0 Å². The van der Waals surface area contributed by atoms with E-state index in [4.69, 9.17) is 16.7 Å². The van der Waals surface area contributed by atoms with E-state index in [2.05, 4.69) is 0 Å². The first-order valence-electron chi connectivity index (χ1n) is 5.85. The molecule has 0 heterocycles. The van der Waals surface area contributed by atoms with Crippen LogP contribution in [-0.4, -0.2) is 36.7 Å². The molecular formula is C13H17ClFNO2. The molecule has 0 fully saturated rings. The second-order valence-electron chi connectivity index (χ2n) is 3.93. The molecule has 0 radical (unpaired) electrons. The first-order chi connectivity index (χ1) is 8.67. The molecule has 0 bridgehead atoms. The summed E-state index contributed by atoms with van der Waals surface area (Å²) >= 11 is 5.68. The summed E-state index contributed by atoms with van der Waals surface area (Å²) in [5.41, 5.74) is 1.82. The van der Waals surface area contributed by atoms with E-state index >= 15 is 0 Å². The fourth-order valence-corrected chi connectivity index (χ4v) is 1.94. The number of alkyl halides is 2. The van der Waals surface area contributed by atoms with E-state index in [9.17, 15) is 9.18 Å². The number of aliphatic carboxylic acids is 1. The summed E-state index contributed by atoms with van der Waals surface area (Å²) in [4.78, 5) is 12.4. The SMILES string of the molecule is O=C(O)CCc1cccc(N(CCF)CCCl)c1. The Hall–Kier alpha value is -1.29. The molecule has 0 aromatic heterocycles. The van der Waals surface area contributed by atoms with Gasteiger partial charge in [-0.25, -0.2) is 4.39 Å². The minimum absolute atomic E-state index is 0.0993. The molecule has 1 aromatic rings. The lowest BCUT2D eigenvalue weighted by molar-refractivity contribution is -0.136. The average molecular weight is 274 g/mol. The van der Waals surface area contributed by atoms with Crippen molar-refractivity contribution in [1.82, 2.24) is 0 Å². The van der Waals surface area contributed by atoms with Gasteiger partial charge in [0.25, 0.3) is 0 Å². The quantitative estimate of drug-likeness (QED) is 0.741. The topological polar surface area (TPSA) is 40.5 Å². The van der Waals surface area contributed by atoms with E-state index < -0.39 is 12.6 Å². The van der Waals surface area contributed by atoms with Gasteiger partial charge in [-0.15, -0.1) is 11.6 Å². The number of halogens is 2. The number of carboxylic acid groups (broad SMARTS) is 1. The zero-order valence-electron chi connectivity index (χ0n) is 10.1. The summed E-state index contributed by atoms with van der Waals surface area (Å²) in [7, 11) is 0. The molecule has 0 amide bonds. The molecule has 0 aliphatic rings. The van der Waals surface area contributed by atoms with Gasteiger partial charge in [-0.2, -0.15) is 0 Å². The normalized spacial score (nSPS) is 10.3. The molecule has 5 heteroatoms. The fourth-order valence-electron chi connectivity index (χ4n) is 1.73. The zero-order valence-corrected chi connectivity index (χ0v) is 10.9. The van der Waals surface area contributed by atoms with Crippen molar-refractivity contribution in [2.75, 3.05) is 30.5 Å². The Labute approximate surface area is 111 Å². The molecule has 1 aromatic carbocycles. The number of hydrogen-bond donors (Lipinski definition) is 1. The molecule has 1 N–H and O–H groups in total. The van der Waals surface area contributed by atoms with Crippen molar-refractivity contribution in [2.45, 2.75) is 12.8 Å². The van der Waals surface area contributed by atoms with Crippen molar-refractivity contribution >= 4 is 23.3 Å². The Balaban J connectivity index is 2.74. The third kappa shape index (κ3) is 4.92. The number of aryl methyl sites for hydroxylation is 1. The highest BCUT2D eigenvalue weighted by Crippen LogP contribution is 2.17. The summed E-state index contributed by atoms with van der Waals surface area (Å²) in [6, 6.07) is 7.50. The summed E-state index contributed by atoms with van der Waals surface area (Å²) in [6.45, 7) is 0.444. The highest BCUT2D eigenvalue weighted by molar-refractivity contribution is 6.18. The van der Waals surface area contributed by atoms with Crippen molar-refractivity contribution in [3.8, 4) is 0 Å². The minimum atomic E-state index is -0.818. The maximum atomic E-state index is 12.4. The predicted octanol–water partition coefficient (Wildman–Crippen LogP) is 2.72. The number of nitrogens with zero attached hydrogens (tertiary/aromatic N) is 1. The molecule has 0 aliphatic carbocycles. The molecule has 18 heavy (non-hydrogen) atoms. The summed E-state index contributed by atoms with van der Waals surface area (Å²) in [5.74, 6) is -0.388. The van der Waals surface area contributed by atoms with Crippen molar-refractivity contribution < 1.29 is 14.3 Å². The maximum Gasteiger partial charge on any atom is 0.303 e. The number of benzene rings is 1. The fraction of sp³-hybridized carbons (Fsp3) is 0.462. The molecule has 0 aliphatic heterocycles. The highest BCUT2D eigenvalue weighted by atomic mass is 35.5. The molecule has 0 atom stereocenters. The van der Waals surface area contributed by atoms with Gasteiger partial charge in [-0.3, -0.25) is 4.79 Å². The number of carboxylic acids is 1. The summed E-state index contributed by atoms with van der Waals surface area (Å²) in [5, 5.41) is 8.64. The average Bonchev–Trinajstić information content (AvgIpc) is 2.36. The van der Waals surface area contributed by atoms with Gasteiger partial charge < -0.3 is 10.0 Å². The van der Waals surface area contributed by atoms with Crippen molar-refractivity contribution in [3.63, 3.8) is 0 Å². The van der Waals surface area contributed by atoms with Crippen LogP contribution in [-0.2, 0) is 11.2 Å². The van der Waals surface area contributed by atoms with Crippen LogP contribution >= 0.6 is 11.6 Å².